The highest BCUT2D eigenvalue weighted by Crippen LogP contribution is 2.34. The van der Waals surface area contributed by atoms with Crippen molar-refractivity contribution in [2.24, 2.45) is 5.92 Å². The summed E-state index contributed by atoms with van der Waals surface area (Å²) in [5.74, 6) is 0.0760. The average molecular weight is 317 g/mol. The number of nitrogens with zero attached hydrogens (tertiary/aromatic N) is 3. The molecule has 124 valence electrons. The maximum absolute atomic E-state index is 13.0. The molecule has 2 aliphatic heterocycles. The Balaban J connectivity index is 1.81. The van der Waals surface area contributed by atoms with E-state index < -0.39 is 0 Å². The minimum Gasteiger partial charge on any atom is -0.378 e. The first-order valence-electron chi connectivity index (χ1n) is 8.25. The quantitative estimate of drug-likeness (QED) is 0.831. The van der Waals surface area contributed by atoms with Gasteiger partial charge in [-0.15, -0.1) is 0 Å². The van der Waals surface area contributed by atoms with E-state index in [4.69, 9.17) is 4.74 Å². The molecule has 2 aliphatic rings. The molecule has 0 saturated carbocycles. The molecule has 2 atom stereocenters. The van der Waals surface area contributed by atoms with Crippen LogP contribution in [0.4, 0.5) is 0 Å². The maximum atomic E-state index is 13.0. The molecule has 0 aromatic carbocycles. The number of hydrogen-bond donors (Lipinski definition) is 0. The zero-order valence-corrected chi connectivity index (χ0v) is 13.5. The molecule has 2 saturated heterocycles. The summed E-state index contributed by atoms with van der Waals surface area (Å²) in [6.45, 7) is 5.41. The second-order valence-corrected chi connectivity index (χ2v) is 6.09. The topological polar surface area (TPSA) is 62.7 Å². The van der Waals surface area contributed by atoms with E-state index in [1.165, 1.54) is 0 Å². The van der Waals surface area contributed by atoms with Gasteiger partial charge >= 0.3 is 0 Å². The van der Waals surface area contributed by atoms with Gasteiger partial charge in [0, 0.05) is 50.9 Å². The summed E-state index contributed by atoms with van der Waals surface area (Å²) < 4.78 is 5.33. The number of pyridine rings is 1. The lowest BCUT2D eigenvalue weighted by atomic mass is 9.89. The summed E-state index contributed by atoms with van der Waals surface area (Å²) in [4.78, 5) is 32.9. The van der Waals surface area contributed by atoms with Crippen molar-refractivity contribution in [1.82, 2.24) is 14.8 Å². The Morgan fingerprint density at radius 3 is 2.70 bits per heavy atom. The van der Waals surface area contributed by atoms with Crippen LogP contribution in [0.1, 0.15) is 24.8 Å². The van der Waals surface area contributed by atoms with E-state index in [-0.39, 0.29) is 23.7 Å². The molecule has 0 aliphatic carbocycles. The second kappa shape index (κ2) is 7.08. The maximum Gasteiger partial charge on any atom is 0.228 e. The van der Waals surface area contributed by atoms with Crippen molar-refractivity contribution in [3.63, 3.8) is 0 Å². The van der Waals surface area contributed by atoms with Gasteiger partial charge in [-0.2, -0.15) is 0 Å². The third kappa shape index (κ3) is 3.37. The highest BCUT2D eigenvalue weighted by molar-refractivity contribution is 5.83. The summed E-state index contributed by atoms with van der Waals surface area (Å²) >= 11 is 0. The first-order valence-corrected chi connectivity index (χ1v) is 8.25. The van der Waals surface area contributed by atoms with Gasteiger partial charge in [0.15, 0.2) is 0 Å². The number of ether oxygens (including phenoxy) is 1. The summed E-state index contributed by atoms with van der Waals surface area (Å²) in [6.07, 6.45) is 4.01. The summed E-state index contributed by atoms with van der Waals surface area (Å²) in [7, 11) is 0. The average Bonchev–Trinajstić information content (AvgIpc) is 3.07. The fourth-order valence-electron chi connectivity index (χ4n) is 3.43. The predicted molar refractivity (Wildman–Crippen MR) is 84.7 cm³/mol. The van der Waals surface area contributed by atoms with Gasteiger partial charge in [-0.25, -0.2) is 0 Å². The van der Waals surface area contributed by atoms with Crippen LogP contribution in [0.5, 0.6) is 0 Å². The number of carbonyl (C=O) groups is 2. The lowest BCUT2D eigenvalue weighted by molar-refractivity contribution is -0.140. The molecule has 2 fully saturated rings. The zero-order valence-electron chi connectivity index (χ0n) is 13.5. The van der Waals surface area contributed by atoms with Gasteiger partial charge in [0.05, 0.1) is 19.1 Å². The molecule has 3 rings (SSSR count). The fourth-order valence-corrected chi connectivity index (χ4v) is 3.43. The van der Waals surface area contributed by atoms with Crippen LogP contribution in [0, 0.1) is 5.92 Å². The number of morpholine rings is 1. The van der Waals surface area contributed by atoms with E-state index in [9.17, 15) is 9.59 Å². The number of likely N-dealkylation sites (tertiary alicyclic amines) is 1. The van der Waals surface area contributed by atoms with Crippen LogP contribution in [0.25, 0.3) is 0 Å². The standard InChI is InChI=1S/C17H23N3O3/c1-2-16(21)20-11-14(13-4-3-5-18-10-13)15(12-20)17(22)19-6-8-23-9-7-19/h3-5,10,14-15H,2,6-9,11-12H2,1H3/t14-,15?/m0/s1. The van der Waals surface area contributed by atoms with Crippen molar-refractivity contribution in [3.8, 4) is 0 Å². The van der Waals surface area contributed by atoms with E-state index in [1.807, 2.05) is 35.1 Å². The minimum absolute atomic E-state index is 0.0227. The first-order chi connectivity index (χ1) is 11.2. The Kier molecular flexibility index (Phi) is 4.91. The van der Waals surface area contributed by atoms with Gasteiger partial charge in [-0.1, -0.05) is 13.0 Å². The monoisotopic (exact) mass is 317 g/mol. The van der Waals surface area contributed by atoms with Gasteiger partial charge in [-0.05, 0) is 11.6 Å². The molecule has 1 aromatic rings. The molecule has 0 N–H and O–H groups in total. The van der Waals surface area contributed by atoms with E-state index in [1.54, 1.807) is 6.20 Å². The van der Waals surface area contributed by atoms with Crippen LogP contribution in [-0.4, -0.2) is 66.0 Å². The molecule has 3 heterocycles. The smallest absolute Gasteiger partial charge is 0.228 e. The highest BCUT2D eigenvalue weighted by atomic mass is 16.5. The molecule has 1 unspecified atom stereocenters. The molecule has 1 aromatic heterocycles. The van der Waals surface area contributed by atoms with Crippen molar-refractivity contribution in [3.05, 3.63) is 30.1 Å². The summed E-state index contributed by atoms with van der Waals surface area (Å²) in [5.41, 5.74) is 1.03. The third-order valence-corrected chi connectivity index (χ3v) is 4.73. The number of aromatic nitrogens is 1. The molecule has 6 nitrogen and oxygen atoms in total. The minimum atomic E-state index is -0.187. The molecule has 6 heteroatoms. The Bertz CT molecular complexity index is 557. The lowest BCUT2D eigenvalue weighted by Gasteiger charge is -2.30. The van der Waals surface area contributed by atoms with Crippen molar-refractivity contribution in [2.75, 3.05) is 39.4 Å². The van der Waals surface area contributed by atoms with E-state index in [0.29, 0.717) is 45.8 Å². The fraction of sp³-hybridized carbons (Fsp3) is 0.588. The molecular weight excluding hydrogens is 294 g/mol. The van der Waals surface area contributed by atoms with E-state index >= 15 is 0 Å². The number of amides is 2. The van der Waals surface area contributed by atoms with E-state index in [2.05, 4.69) is 4.98 Å². The van der Waals surface area contributed by atoms with Crippen molar-refractivity contribution < 1.29 is 14.3 Å². The van der Waals surface area contributed by atoms with Gasteiger partial charge in [0.1, 0.15) is 0 Å². The predicted octanol–water partition coefficient (Wildman–Crippen LogP) is 0.892. The molecular formula is C17H23N3O3. The number of rotatable bonds is 3. The normalized spacial score (nSPS) is 24.7. The Morgan fingerprint density at radius 1 is 1.26 bits per heavy atom. The van der Waals surface area contributed by atoms with Crippen LogP contribution in [0.2, 0.25) is 0 Å². The highest BCUT2D eigenvalue weighted by Gasteiger charge is 2.41. The Hall–Kier alpha value is -1.95. The Morgan fingerprint density at radius 2 is 2.04 bits per heavy atom. The first kappa shape index (κ1) is 15.9. The third-order valence-electron chi connectivity index (χ3n) is 4.73. The lowest BCUT2D eigenvalue weighted by Crippen LogP contribution is -2.45. The van der Waals surface area contributed by atoms with Gasteiger partial charge in [-0.3, -0.25) is 14.6 Å². The largest absolute Gasteiger partial charge is 0.378 e. The summed E-state index contributed by atoms with van der Waals surface area (Å²) in [6, 6.07) is 3.88. The molecule has 23 heavy (non-hydrogen) atoms. The number of carbonyl (C=O) groups excluding carboxylic acids is 2. The second-order valence-electron chi connectivity index (χ2n) is 6.09. The van der Waals surface area contributed by atoms with Gasteiger partial charge in [0.2, 0.25) is 11.8 Å². The molecule has 0 bridgehead atoms. The summed E-state index contributed by atoms with van der Waals surface area (Å²) in [5, 5.41) is 0. The molecule has 2 amide bonds. The molecule has 0 spiro atoms. The van der Waals surface area contributed by atoms with Crippen molar-refractivity contribution in [1.29, 1.82) is 0 Å². The van der Waals surface area contributed by atoms with Crippen LogP contribution in [0.15, 0.2) is 24.5 Å². The van der Waals surface area contributed by atoms with Crippen molar-refractivity contribution in [2.45, 2.75) is 19.3 Å². The zero-order chi connectivity index (χ0) is 16.2. The Labute approximate surface area is 136 Å². The van der Waals surface area contributed by atoms with Crippen molar-refractivity contribution >= 4 is 11.8 Å². The SMILES string of the molecule is CCC(=O)N1CC(C(=O)N2CCOCC2)[C@H](c2cccnc2)C1. The van der Waals surface area contributed by atoms with Gasteiger partial charge < -0.3 is 14.5 Å². The number of hydrogen-bond acceptors (Lipinski definition) is 4. The molecule has 0 radical (unpaired) electrons. The van der Waals surface area contributed by atoms with Crippen LogP contribution in [0.3, 0.4) is 0 Å². The van der Waals surface area contributed by atoms with Crippen LogP contribution in [-0.2, 0) is 14.3 Å². The van der Waals surface area contributed by atoms with Gasteiger partial charge in [0.25, 0.3) is 0 Å². The van der Waals surface area contributed by atoms with Crippen LogP contribution >= 0.6 is 0 Å². The van der Waals surface area contributed by atoms with Crippen LogP contribution < -0.4 is 0 Å². The van der Waals surface area contributed by atoms with E-state index in [0.717, 1.165) is 5.56 Å².